The molecule has 2 aromatic carbocycles. The van der Waals surface area contributed by atoms with Gasteiger partial charge < -0.3 is 19.5 Å². The summed E-state index contributed by atoms with van der Waals surface area (Å²) in [6.07, 6.45) is 0.00682. The van der Waals surface area contributed by atoms with Gasteiger partial charge >= 0.3 is 0 Å². The highest BCUT2D eigenvalue weighted by Crippen LogP contribution is 2.29. The number of hydrogen-bond acceptors (Lipinski definition) is 4. The normalized spacial score (nSPS) is 10.5. The Bertz CT molecular complexity index is 659. The van der Waals surface area contributed by atoms with Crippen LogP contribution in [0.3, 0.4) is 0 Å². The van der Waals surface area contributed by atoms with Crippen LogP contribution in [0.15, 0.2) is 36.4 Å². The fourth-order valence-corrected chi connectivity index (χ4v) is 2.21. The van der Waals surface area contributed by atoms with E-state index < -0.39 is 0 Å². The van der Waals surface area contributed by atoms with E-state index in [2.05, 4.69) is 5.32 Å². The molecule has 2 aromatic rings. The van der Waals surface area contributed by atoms with Crippen LogP contribution in [0.1, 0.15) is 19.4 Å². The standard InChI is InChI=1S/C18H22FNO3/c1-12(2)23-18-7-5-14(19)10-16(18)20-11-13-9-15(21-3)6-8-17(13)22-4/h5-10,12,20H,11H2,1-4H3. The summed E-state index contributed by atoms with van der Waals surface area (Å²) < 4.78 is 29.8. The summed E-state index contributed by atoms with van der Waals surface area (Å²) in [5.74, 6) is 1.77. The molecule has 0 amide bonds. The number of anilines is 1. The lowest BCUT2D eigenvalue weighted by atomic mass is 10.1. The summed E-state index contributed by atoms with van der Waals surface area (Å²) in [7, 11) is 3.22. The van der Waals surface area contributed by atoms with Gasteiger partial charge in [-0.15, -0.1) is 0 Å². The van der Waals surface area contributed by atoms with Crippen molar-refractivity contribution in [2.75, 3.05) is 19.5 Å². The number of nitrogens with one attached hydrogen (secondary N) is 1. The third-order valence-electron chi connectivity index (χ3n) is 3.26. The minimum absolute atomic E-state index is 0.00682. The molecular formula is C18H22FNO3. The van der Waals surface area contributed by atoms with Crippen LogP contribution in [-0.4, -0.2) is 20.3 Å². The van der Waals surface area contributed by atoms with E-state index in [1.54, 1.807) is 20.3 Å². The monoisotopic (exact) mass is 319 g/mol. The molecule has 5 heteroatoms. The second-order valence-electron chi connectivity index (χ2n) is 5.34. The molecule has 1 N–H and O–H groups in total. The molecule has 0 bridgehead atoms. The van der Waals surface area contributed by atoms with Gasteiger partial charge in [-0.1, -0.05) is 0 Å². The largest absolute Gasteiger partial charge is 0.497 e. The molecule has 23 heavy (non-hydrogen) atoms. The zero-order valence-corrected chi connectivity index (χ0v) is 13.9. The Hall–Kier alpha value is -2.43. The van der Waals surface area contributed by atoms with Crippen LogP contribution in [0.4, 0.5) is 10.1 Å². The summed E-state index contributed by atoms with van der Waals surface area (Å²) in [6, 6.07) is 9.98. The van der Waals surface area contributed by atoms with E-state index in [-0.39, 0.29) is 11.9 Å². The molecule has 0 fully saturated rings. The molecule has 2 rings (SSSR count). The summed E-state index contributed by atoms with van der Waals surface area (Å²) in [5.41, 5.74) is 1.51. The van der Waals surface area contributed by atoms with Crippen LogP contribution in [0.2, 0.25) is 0 Å². The van der Waals surface area contributed by atoms with Gasteiger partial charge in [0.05, 0.1) is 26.0 Å². The first kappa shape index (κ1) is 16.9. The second kappa shape index (κ2) is 7.72. The quantitative estimate of drug-likeness (QED) is 0.828. The lowest BCUT2D eigenvalue weighted by Crippen LogP contribution is -2.09. The molecule has 0 heterocycles. The minimum Gasteiger partial charge on any atom is -0.497 e. The van der Waals surface area contributed by atoms with Crippen LogP contribution in [0.25, 0.3) is 0 Å². The van der Waals surface area contributed by atoms with Crippen LogP contribution < -0.4 is 19.5 Å². The Kier molecular flexibility index (Phi) is 5.68. The summed E-state index contributed by atoms with van der Waals surface area (Å²) >= 11 is 0. The maximum atomic E-state index is 13.5. The topological polar surface area (TPSA) is 39.7 Å². The highest BCUT2D eigenvalue weighted by atomic mass is 19.1. The molecule has 0 saturated carbocycles. The van der Waals surface area contributed by atoms with Crippen molar-refractivity contribution in [2.24, 2.45) is 0 Å². The van der Waals surface area contributed by atoms with E-state index in [9.17, 15) is 4.39 Å². The van der Waals surface area contributed by atoms with Crippen molar-refractivity contribution in [3.05, 3.63) is 47.8 Å². The third-order valence-corrected chi connectivity index (χ3v) is 3.26. The van der Waals surface area contributed by atoms with Gasteiger partial charge in [0.2, 0.25) is 0 Å². The molecular weight excluding hydrogens is 297 g/mol. The highest BCUT2D eigenvalue weighted by molar-refractivity contribution is 5.57. The molecule has 0 aromatic heterocycles. The van der Waals surface area contributed by atoms with Gasteiger partial charge in [-0.2, -0.15) is 0 Å². The first-order valence-electron chi connectivity index (χ1n) is 7.44. The molecule has 0 unspecified atom stereocenters. The molecule has 0 spiro atoms. The average Bonchev–Trinajstić information content (AvgIpc) is 2.54. The van der Waals surface area contributed by atoms with Crippen LogP contribution in [0.5, 0.6) is 17.2 Å². The third kappa shape index (κ3) is 4.52. The van der Waals surface area contributed by atoms with Crippen molar-refractivity contribution in [3.63, 3.8) is 0 Å². The second-order valence-corrected chi connectivity index (χ2v) is 5.34. The Morgan fingerprint density at radius 2 is 1.74 bits per heavy atom. The summed E-state index contributed by atoms with van der Waals surface area (Å²) in [5, 5.41) is 3.20. The van der Waals surface area contributed by atoms with Crippen molar-refractivity contribution in [1.29, 1.82) is 0 Å². The summed E-state index contributed by atoms with van der Waals surface area (Å²) in [4.78, 5) is 0. The first-order chi connectivity index (χ1) is 11.0. The minimum atomic E-state index is -0.318. The first-order valence-corrected chi connectivity index (χ1v) is 7.44. The van der Waals surface area contributed by atoms with Gasteiger partial charge in [0.15, 0.2) is 0 Å². The zero-order chi connectivity index (χ0) is 16.8. The van der Waals surface area contributed by atoms with Gasteiger partial charge in [0.1, 0.15) is 23.1 Å². The maximum absolute atomic E-state index is 13.5. The SMILES string of the molecule is COc1ccc(OC)c(CNc2cc(F)ccc2OC(C)C)c1. The Balaban J connectivity index is 2.22. The average molecular weight is 319 g/mol. The number of rotatable bonds is 7. The van der Waals surface area contributed by atoms with Gasteiger partial charge in [-0.25, -0.2) is 4.39 Å². The Labute approximate surface area is 136 Å². The van der Waals surface area contributed by atoms with Crippen molar-refractivity contribution in [3.8, 4) is 17.2 Å². The van der Waals surface area contributed by atoms with Crippen LogP contribution in [-0.2, 0) is 6.54 Å². The number of benzene rings is 2. The summed E-state index contributed by atoms with van der Waals surface area (Å²) in [6.45, 7) is 4.31. The molecule has 4 nitrogen and oxygen atoms in total. The predicted molar refractivity (Wildman–Crippen MR) is 89.0 cm³/mol. The van der Waals surface area contributed by atoms with Crippen LogP contribution in [0, 0.1) is 5.82 Å². The van der Waals surface area contributed by atoms with Crippen LogP contribution >= 0.6 is 0 Å². The Morgan fingerprint density at radius 3 is 2.39 bits per heavy atom. The Morgan fingerprint density at radius 1 is 1.00 bits per heavy atom. The van der Waals surface area contributed by atoms with E-state index >= 15 is 0 Å². The van der Waals surface area contributed by atoms with Crippen molar-refractivity contribution in [1.82, 2.24) is 0 Å². The van der Waals surface area contributed by atoms with Gasteiger partial charge in [-0.05, 0) is 44.2 Å². The van der Waals surface area contributed by atoms with E-state index in [0.717, 1.165) is 17.1 Å². The molecule has 0 atom stereocenters. The van der Waals surface area contributed by atoms with E-state index in [1.807, 2.05) is 32.0 Å². The molecule has 0 radical (unpaired) electrons. The van der Waals surface area contributed by atoms with Crippen molar-refractivity contribution in [2.45, 2.75) is 26.5 Å². The molecule has 124 valence electrons. The molecule has 0 saturated heterocycles. The molecule has 0 aliphatic rings. The number of hydrogen-bond donors (Lipinski definition) is 1. The van der Waals surface area contributed by atoms with E-state index in [1.165, 1.54) is 12.1 Å². The molecule has 0 aliphatic carbocycles. The lowest BCUT2D eigenvalue weighted by Gasteiger charge is -2.17. The van der Waals surface area contributed by atoms with Crippen molar-refractivity contribution < 1.29 is 18.6 Å². The predicted octanol–water partition coefficient (Wildman–Crippen LogP) is 4.24. The maximum Gasteiger partial charge on any atom is 0.142 e. The fourth-order valence-electron chi connectivity index (χ4n) is 2.21. The highest BCUT2D eigenvalue weighted by Gasteiger charge is 2.10. The number of halogens is 1. The molecule has 0 aliphatic heterocycles. The lowest BCUT2D eigenvalue weighted by molar-refractivity contribution is 0.243. The fraction of sp³-hybridized carbons (Fsp3) is 0.333. The van der Waals surface area contributed by atoms with Gasteiger partial charge in [-0.3, -0.25) is 0 Å². The van der Waals surface area contributed by atoms with E-state index in [0.29, 0.717) is 18.0 Å². The van der Waals surface area contributed by atoms with Crippen molar-refractivity contribution >= 4 is 5.69 Å². The van der Waals surface area contributed by atoms with Gasteiger partial charge in [0, 0.05) is 18.2 Å². The number of ether oxygens (including phenoxy) is 3. The number of methoxy groups -OCH3 is 2. The van der Waals surface area contributed by atoms with E-state index in [4.69, 9.17) is 14.2 Å². The smallest absolute Gasteiger partial charge is 0.142 e. The zero-order valence-electron chi connectivity index (χ0n) is 13.9. The van der Waals surface area contributed by atoms with Gasteiger partial charge in [0.25, 0.3) is 0 Å².